The van der Waals surface area contributed by atoms with Gasteiger partial charge in [0.05, 0.1) is 6.42 Å². The molecule has 0 bridgehead atoms. The molecule has 21 heavy (non-hydrogen) atoms. The Kier molecular flexibility index (Phi) is 5.39. The Balaban J connectivity index is 1.94. The highest BCUT2D eigenvalue weighted by Crippen LogP contribution is 2.12. The lowest BCUT2D eigenvalue weighted by atomic mass is 10.1. The second kappa shape index (κ2) is 7.49. The monoisotopic (exact) mass is 299 g/mol. The zero-order valence-electron chi connectivity index (χ0n) is 11.3. The number of anilines is 1. The number of hydrogen-bond donors (Lipinski definition) is 2. The van der Waals surface area contributed by atoms with Crippen LogP contribution in [-0.2, 0) is 11.2 Å². The molecule has 0 saturated heterocycles. The second-order valence-corrected chi connectivity index (χ2v) is 4.83. The molecule has 0 aliphatic heterocycles. The Bertz CT molecular complexity index is 667. The minimum absolute atomic E-state index is 0.0912. The van der Waals surface area contributed by atoms with Crippen molar-refractivity contribution in [1.82, 2.24) is 0 Å². The van der Waals surface area contributed by atoms with E-state index in [0.717, 1.165) is 11.1 Å². The van der Waals surface area contributed by atoms with Gasteiger partial charge in [-0.2, -0.15) is 0 Å². The predicted molar refractivity (Wildman–Crippen MR) is 84.2 cm³/mol. The van der Waals surface area contributed by atoms with E-state index >= 15 is 0 Å². The van der Waals surface area contributed by atoms with Crippen molar-refractivity contribution >= 4 is 23.2 Å². The Hall–Kier alpha value is -2.28. The lowest BCUT2D eigenvalue weighted by molar-refractivity contribution is -0.115. The molecular weight excluding hydrogens is 286 g/mol. The van der Waals surface area contributed by atoms with Crippen LogP contribution in [0, 0.1) is 11.8 Å². The smallest absolute Gasteiger partial charge is 0.228 e. The maximum Gasteiger partial charge on any atom is 0.228 e. The van der Waals surface area contributed by atoms with Gasteiger partial charge in [0.1, 0.15) is 6.61 Å². The van der Waals surface area contributed by atoms with Crippen molar-refractivity contribution in [3.8, 4) is 11.8 Å². The summed E-state index contributed by atoms with van der Waals surface area (Å²) in [6.07, 6.45) is 0.295. The highest BCUT2D eigenvalue weighted by molar-refractivity contribution is 6.30. The van der Waals surface area contributed by atoms with E-state index in [2.05, 4.69) is 17.2 Å². The van der Waals surface area contributed by atoms with Crippen LogP contribution in [-0.4, -0.2) is 17.6 Å². The van der Waals surface area contributed by atoms with E-state index in [9.17, 15) is 4.79 Å². The Morgan fingerprint density at radius 3 is 2.38 bits per heavy atom. The summed E-state index contributed by atoms with van der Waals surface area (Å²) in [5.74, 6) is 5.27. The van der Waals surface area contributed by atoms with Crippen LogP contribution in [0.25, 0.3) is 0 Å². The van der Waals surface area contributed by atoms with E-state index in [1.165, 1.54) is 0 Å². The molecule has 4 heteroatoms. The molecule has 0 spiro atoms. The Morgan fingerprint density at radius 2 is 1.76 bits per heavy atom. The van der Waals surface area contributed by atoms with Crippen molar-refractivity contribution in [2.45, 2.75) is 6.42 Å². The first-order valence-corrected chi connectivity index (χ1v) is 6.79. The van der Waals surface area contributed by atoms with Gasteiger partial charge in [0.25, 0.3) is 0 Å². The van der Waals surface area contributed by atoms with E-state index < -0.39 is 0 Å². The summed E-state index contributed by atoms with van der Waals surface area (Å²) in [4.78, 5) is 11.9. The van der Waals surface area contributed by atoms with Crippen LogP contribution in [0.1, 0.15) is 11.1 Å². The third-order valence-electron chi connectivity index (χ3n) is 2.76. The minimum atomic E-state index is -0.167. The number of amides is 1. The molecule has 2 N–H and O–H groups in total. The standard InChI is InChI=1S/C17H14ClNO2/c18-15-7-3-14(4-8-15)12-17(21)19-16-9-5-13(6-10-16)2-1-11-20/h3-10,20H,11-12H2,(H,19,21). The third kappa shape index (κ3) is 4.96. The molecular formula is C17H14ClNO2. The van der Waals surface area contributed by atoms with Crippen LogP contribution in [0.15, 0.2) is 48.5 Å². The van der Waals surface area contributed by atoms with Gasteiger partial charge in [-0.05, 0) is 42.0 Å². The zero-order valence-corrected chi connectivity index (χ0v) is 12.0. The summed E-state index contributed by atoms with van der Waals surface area (Å²) in [6.45, 7) is -0.167. The molecule has 1 amide bonds. The first-order chi connectivity index (χ1) is 10.2. The highest BCUT2D eigenvalue weighted by atomic mass is 35.5. The fraction of sp³-hybridized carbons (Fsp3) is 0.118. The van der Waals surface area contributed by atoms with E-state index in [1.807, 2.05) is 12.1 Å². The third-order valence-corrected chi connectivity index (χ3v) is 3.01. The lowest BCUT2D eigenvalue weighted by Crippen LogP contribution is -2.14. The number of aliphatic hydroxyl groups is 1. The lowest BCUT2D eigenvalue weighted by Gasteiger charge is -2.05. The molecule has 0 saturated carbocycles. The van der Waals surface area contributed by atoms with Gasteiger partial charge in [0.15, 0.2) is 0 Å². The summed E-state index contributed by atoms with van der Waals surface area (Å²) in [5.41, 5.74) is 2.41. The largest absolute Gasteiger partial charge is 0.384 e. The van der Waals surface area contributed by atoms with Crippen molar-refractivity contribution in [3.63, 3.8) is 0 Å². The zero-order chi connectivity index (χ0) is 15.1. The average molecular weight is 300 g/mol. The molecule has 0 atom stereocenters. The van der Waals surface area contributed by atoms with Gasteiger partial charge in [0, 0.05) is 16.3 Å². The fourth-order valence-electron chi connectivity index (χ4n) is 1.77. The molecule has 2 rings (SSSR count). The maximum absolute atomic E-state index is 11.9. The highest BCUT2D eigenvalue weighted by Gasteiger charge is 2.04. The summed E-state index contributed by atoms with van der Waals surface area (Å²) in [5, 5.41) is 12.1. The molecule has 0 aromatic heterocycles. The SMILES string of the molecule is O=C(Cc1ccc(Cl)cc1)Nc1ccc(C#CCO)cc1. The van der Waals surface area contributed by atoms with Gasteiger partial charge in [0.2, 0.25) is 5.91 Å². The van der Waals surface area contributed by atoms with Gasteiger partial charge >= 0.3 is 0 Å². The molecule has 0 unspecified atom stereocenters. The number of nitrogens with one attached hydrogen (secondary N) is 1. The topological polar surface area (TPSA) is 49.3 Å². The minimum Gasteiger partial charge on any atom is -0.384 e. The van der Waals surface area contributed by atoms with Crippen molar-refractivity contribution in [1.29, 1.82) is 0 Å². The summed E-state index contributed by atoms with van der Waals surface area (Å²) >= 11 is 5.80. The van der Waals surface area contributed by atoms with Crippen molar-refractivity contribution < 1.29 is 9.90 Å². The average Bonchev–Trinajstić information content (AvgIpc) is 2.49. The molecule has 106 valence electrons. The maximum atomic E-state index is 11.9. The summed E-state index contributed by atoms with van der Waals surface area (Å²) in [6, 6.07) is 14.3. The van der Waals surface area contributed by atoms with Crippen LogP contribution in [0.4, 0.5) is 5.69 Å². The fourth-order valence-corrected chi connectivity index (χ4v) is 1.90. The number of rotatable bonds is 3. The molecule has 2 aromatic carbocycles. The van der Waals surface area contributed by atoms with E-state index in [1.54, 1.807) is 36.4 Å². The van der Waals surface area contributed by atoms with E-state index in [-0.39, 0.29) is 12.5 Å². The van der Waals surface area contributed by atoms with E-state index in [0.29, 0.717) is 17.1 Å². The van der Waals surface area contributed by atoms with Gasteiger partial charge in [-0.1, -0.05) is 35.6 Å². The second-order valence-electron chi connectivity index (χ2n) is 4.39. The van der Waals surface area contributed by atoms with Gasteiger partial charge in [-0.25, -0.2) is 0 Å². The molecule has 2 aromatic rings. The first-order valence-electron chi connectivity index (χ1n) is 6.41. The molecule has 0 heterocycles. The molecule has 0 fully saturated rings. The number of carbonyl (C=O) groups excluding carboxylic acids is 1. The normalized spacial score (nSPS) is 9.62. The molecule has 0 aliphatic carbocycles. The number of aliphatic hydroxyl groups excluding tert-OH is 1. The Labute approximate surface area is 128 Å². The Morgan fingerprint density at radius 1 is 1.10 bits per heavy atom. The molecule has 0 radical (unpaired) electrons. The van der Waals surface area contributed by atoms with Gasteiger partial charge in [-0.15, -0.1) is 0 Å². The van der Waals surface area contributed by atoms with Crippen LogP contribution >= 0.6 is 11.6 Å². The predicted octanol–water partition coefficient (Wildman–Crippen LogP) is 2.87. The van der Waals surface area contributed by atoms with Crippen LogP contribution < -0.4 is 5.32 Å². The quantitative estimate of drug-likeness (QED) is 0.856. The number of hydrogen-bond acceptors (Lipinski definition) is 2. The summed E-state index contributed by atoms with van der Waals surface area (Å²) in [7, 11) is 0. The van der Waals surface area contributed by atoms with E-state index in [4.69, 9.17) is 16.7 Å². The number of carbonyl (C=O) groups is 1. The number of benzene rings is 2. The molecule has 3 nitrogen and oxygen atoms in total. The number of halogens is 1. The van der Waals surface area contributed by atoms with Crippen LogP contribution in [0.5, 0.6) is 0 Å². The van der Waals surface area contributed by atoms with Crippen LogP contribution in [0.2, 0.25) is 5.02 Å². The molecule has 0 aliphatic rings. The van der Waals surface area contributed by atoms with Crippen LogP contribution in [0.3, 0.4) is 0 Å². The van der Waals surface area contributed by atoms with Gasteiger partial charge < -0.3 is 10.4 Å². The first kappa shape index (κ1) is 15.1. The van der Waals surface area contributed by atoms with Gasteiger partial charge in [-0.3, -0.25) is 4.79 Å². The summed E-state index contributed by atoms with van der Waals surface area (Å²) < 4.78 is 0. The van der Waals surface area contributed by atoms with Crippen molar-refractivity contribution in [3.05, 3.63) is 64.7 Å². The van der Waals surface area contributed by atoms with Crippen molar-refractivity contribution in [2.24, 2.45) is 0 Å². The van der Waals surface area contributed by atoms with Crippen molar-refractivity contribution in [2.75, 3.05) is 11.9 Å².